The summed E-state index contributed by atoms with van der Waals surface area (Å²) in [5, 5.41) is 2.74. The number of amides is 1. The van der Waals surface area contributed by atoms with E-state index in [1.165, 1.54) is 6.92 Å². The number of nitrogens with zero attached hydrogens (tertiary/aromatic N) is 1. The second kappa shape index (κ2) is 7.21. The van der Waals surface area contributed by atoms with Gasteiger partial charge in [0.1, 0.15) is 6.54 Å². The number of nitrogens with one attached hydrogen (secondary N) is 1. The lowest BCUT2D eigenvalue weighted by Crippen LogP contribution is -2.41. The molecule has 1 aromatic rings. The highest BCUT2D eigenvalue weighted by Crippen LogP contribution is 2.22. The van der Waals surface area contributed by atoms with Crippen LogP contribution in [-0.4, -0.2) is 45.2 Å². The summed E-state index contributed by atoms with van der Waals surface area (Å²) in [7, 11) is -3.67. The molecule has 7 nitrogen and oxygen atoms in total. The predicted molar refractivity (Wildman–Crippen MR) is 90.1 cm³/mol. The summed E-state index contributed by atoms with van der Waals surface area (Å²) >= 11 is 0. The Morgan fingerprint density at radius 1 is 1.33 bits per heavy atom. The lowest BCUT2D eigenvalue weighted by Gasteiger charge is -2.24. The molecule has 0 bridgehead atoms. The summed E-state index contributed by atoms with van der Waals surface area (Å²) in [4.78, 5) is 23.9. The number of rotatable bonds is 7. The van der Waals surface area contributed by atoms with Crippen LogP contribution in [0.2, 0.25) is 0 Å². The normalized spacial score (nSPS) is 15.5. The number of anilines is 1. The Morgan fingerprint density at radius 3 is 2.50 bits per heavy atom. The lowest BCUT2D eigenvalue weighted by molar-refractivity contribution is -0.153. The van der Waals surface area contributed by atoms with Crippen LogP contribution in [0.15, 0.2) is 24.3 Å². The third-order valence-corrected chi connectivity index (χ3v) is 4.78. The van der Waals surface area contributed by atoms with E-state index >= 15 is 0 Å². The zero-order chi connectivity index (χ0) is 17.9. The quantitative estimate of drug-likeness (QED) is 0.737. The molecule has 1 aliphatic carbocycles. The summed E-state index contributed by atoms with van der Waals surface area (Å²) in [6, 6.07) is 7.01. The molecule has 2 rings (SSSR count). The van der Waals surface area contributed by atoms with E-state index < -0.39 is 28.6 Å². The Balaban J connectivity index is 2.05. The average molecular weight is 354 g/mol. The maximum absolute atomic E-state index is 12.1. The van der Waals surface area contributed by atoms with Gasteiger partial charge in [-0.2, -0.15) is 0 Å². The zero-order valence-corrected chi connectivity index (χ0v) is 14.8. The first kappa shape index (κ1) is 18.3. The number of ether oxygens (including phenoxy) is 1. The largest absolute Gasteiger partial charge is 0.451 e. The van der Waals surface area contributed by atoms with E-state index in [-0.39, 0.29) is 11.9 Å². The molecule has 132 valence electrons. The molecule has 0 heterocycles. The summed E-state index contributed by atoms with van der Waals surface area (Å²) in [6.45, 7) is 2.74. The SMILES string of the molecule is Cc1ccccc1N(CC(=O)O[C@@H](C)C(=O)NC1CC1)S(C)(=O)=O. The van der Waals surface area contributed by atoms with Crippen molar-refractivity contribution < 1.29 is 22.7 Å². The number of aryl methyl sites for hydroxylation is 1. The molecule has 8 heteroatoms. The Kier molecular flexibility index (Phi) is 5.48. The van der Waals surface area contributed by atoms with Gasteiger partial charge in [0.25, 0.3) is 5.91 Å². The van der Waals surface area contributed by atoms with Crippen LogP contribution in [0.4, 0.5) is 5.69 Å². The topological polar surface area (TPSA) is 92.8 Å². The van der Waals surface area contributed by atoms with Gasteiger partial charge in [-0.1, -0.05) is 18.2 Å². The minimum Gasteiger partial charge on any atom is -0.451 e. The van der Waals surface area contributed by atoms with Crippen LogP contribution >= 0.6 is 0 Å². The third kappa shape index (κ3) is 4.95. The number of sulfonamides is 1. The Bertz CT molecular complexity index is 728. The third-order valence-electron chi connectivity index (χ3n) is 3.66. The van der Waals surface area contributed by atoms with Crippen molar-refractivity contribution in [3.63, 3.8) is 0 Å². The molecule has 0 aromatic heterocycles. The standard InChI is InChI=1S/C16H22N2O5S/c1-11-6-4-5-7-14(11)18(24(3,21)22)10-15(19)23-12(2)16(20)17-13-8-9-13/h4-7,12-13H,8-10H2,1-3H3,(H,17,20)/t12-/m0/s1. The van der Waals surface area contributed by atoms with Gasteiger partial charge in [0.05, 0.1) is 11.9 Å². The maximum atomic E-state index is 12.1. The van der Waals surface area contributed by atoms with E-state index in [0.717, 1.165) is 29.0 Å². The first-order valence-electron chi connectivity index (χ1n) is 7.71. The molecular weight excluding hydrogens is 332 g/mol. The van der Waals surface area contributed by atoms with Gasteiger partial charge in [-0.3, -0.25) is 13.9 Å². The maximum Gasteiger partial charge on any atom is 0.327 e. The molecule has 1 atom stereocenters. The van der Waals surface area contributed by atoms with Gasteiger partial charge < -0.3 is 10.1 Å². The van der Waals surface area contributed by atoms with Crippen molar-refractivity contribution in [2.24, 2.45) is 0 Å². The highest BCUT2D eigenvalue weighted by molar-refractivity contribution is 7.92. The van der Waals surface area contributed by atoms with Crippen LogP contribution in [0.1, 0.15) is 25.3 Å². The molecule has 1 aromatic carbocycles. The number of hydrogen-bond acceptors (Lipinski definition) is 5. The number of carbonyl (C=O) groups excluding carboxylic acids is 2. The van der Waals surface area contributed by atoms with E-state index in [1.54, 1.807) is 31.2 Å². The Labute approximate surface area is 142 Å². The van der Waals surface area contributed by atoms with E-state index in [1.807, 2.05) is 0 Å². The highest BCUT2D eigenvalue weighted by atomic mass is 32.2. The van der Waals surface area contributed by atoms with Crippen LogP contribution in [0.5, 0.6) is 0 Å². The number of carbonyl (C=O) groups is 2. The van der Waals surface area contributed by atoms with Gasteiger partial charge in [-0.05, 0) is 38.3 Å². The van der Waals surface area contributed by atoms with Crippen molar-refractivity contribution in [2.75, 3.05) is 17.1 Å². The van der Waals surface area contributed by atoms with Crippen molar-refractivity contribution in [3.05, 3.63) is 29.8 Å². The highest BCUT2D eigenvalue weighted by Gasteiger charge is 2.29. The fourth-order valence-corrected chi connectivity index (χ4v) is 3.08. The van der Waals surface area contributed by atoms with Gasteiger partial charge in [-0.15, -0.1) is 0 Å². The van der Waals surface area contributed by atoms with Crippen LogP contribution < -0.4 is 9.62 Å². The van der Waals surface area contributed by atoms with Gasteiger partial charge in [0.15, 0.2) is 6.10 Å². The first-order chi connectivity index (χ1) is 11.2. The minimum atomic E-state index is -3.67. The summed E-state index contributed by atoms with van der Waals surface area (Å²) in [5.74, 6) is -1.14. The van der Waals surface area contributed by atoms with E-state index in [9.17, 15) is 18.0 Å². The number of para-hydroxylation sites is 1. The fourth-order valence-electron chi connectivity index (χ4n) is 2.18. The summed E-state index contributed by atoms with van der Waals surface area (Å²) in [5.41, 5.74) is 1.13. The lowest BCUT2D eigenvalue weighted by atomic mass is 10.2. The van der Waals surface area contributed by atoms with Crippen LogP contribution in [0.25, 0.3) is 0 Å². The van der Waals surface area contributed by atoms with Gasteiger partial charge in [-0.25, -0.2) is 8.42 Å². The molecule has 1 saturated carbocycles. The van der Waals surface area contributed by atoms with Crippen molar-refractivity contribution >= 4 is 27.6 Å². The molecule has 1 aliphatic rings. The van der Waals surface area contributed by atoms with Gasteiger partial charge >= 0.3 is 5.97 Å². The second-order valence-electron chi connectivity index (χ2n) is 5.97. The molecular formula is C16H22N2O5S. The molecule has 0 aliphatic heterocycles. The molecule has 0 saturated heterocycles. The van der Waals surface area contributed by atoms with Crippen LogP contribution in [0, 0.1) is 6.92 Å². The van der Waals surface area contributed by atoms with Crippen molar-refractivity contribution in [1.82, 2.24) is 5.32 Å². The summed E-state index contributed by atoms with van der Waals surface area (Å²) < 4.78 is 30.1. The van der Waals surface area contributed by atoms with Gasteiger partial charge in [0, 0.05) is 6.04 Å². The zero-order valence-electron chi connectivity index (χ0n) is 14.0. The fraction of sp³-hybridized carbons (Fsp3) is 0.500. The predicted octanol–water partition coefficient (Wildman–Crippen LogP) is 0.971. The number of benzene rings is 1. The monoisotopic (exact) mass is 354 g/mol. The van der Waals surface area contributed by atoms with E-state index in [4.69, 9.17) is 4.74 Å². The van der Waals surface area contributed by atoms with Crippen LogP contribution in [-0.2, 0) is 24.3 Å². The molecule has 1 fully saturated rings. The molecule has 0 radical (unpaired) electrons. The van der Waals surface area contributed by atoms with Crippen molar-refractivity contribution in [1.29, 1.82) is 0 Å². The molecule has 24 heavy (non-hydrogen) atoms. The summed E-state index contributed by atoms with van der Waals surface area (Å²) in [6.07, 6.45) is 1.93. The Morgan fingerprint density at radius 2 is 1.96 bits per heavy atom. The smallest absolute Gasteiger partial charge is 0.327 e. The second-order valence-corrected chi connectivity index (χ2v) is 7.88. The molecule has 0 unspecified atom stereocenters. The molecule has 1 amide bonds. The molecule has 0 spiro atoms. The first-order valence-corrected chi connectivity index (χ1v) is 9.56. The van der Waals surface area contributed by atoms with Gasteiger partial charge in [0.2, 0.25) is 10.0 Å². The molecule has 1 N–H and O–H groups in total. The van der Waals surface area contributed by atoms with Crippen molar-refractivity contribution in [3.8, 4) is 0 Å². The average Bonchev–Trinajstić information content (AvgIpc) is 3.28. The number of hydrogen-bond donors (Lipinski definition) is 1. The van der Waals surface area contributed by atoms with E-state index in [2.05, 4.69) is 5.32 Å². The Hall–Kier alpha value is -2.09. The van der Waals surface area contributed by atoms with E-state index in [0.29, 0.717) is 5.69 Å². The van der Waals surface area contributed by atoms with Crippen molar-refractivity contribution in [2.45, 2.75) is 38.8 Å². The minimum absolute atomic E-state index is 0.165. The van der Waals surface area contributed by atoms with Crippen LogP contribution in [0.3, 0.4) is 0 Å². The number of esters is 1.